The summed E-state index contributed by atoms with van der Waals surface area (Å²) >= 11 is 1.74. The molecule has 2 aromatic carbocycles. The molecule has 1 aromatic heterocycles. The monoisotopic (exact) mass is 366 g/mol. The molecule has 1 atom stereocenters. The van der Waals surface area contributed by atoms with Crippen molar-refractivity contribution in [3.63, 3.8) is 0 Å². The third-order valence-electron chi connectivity index (χ3n) is 5.18. The van der Waals surface area contributed by atoms with Crippen molar-refractivity contribution >= 4 is 27.5 Å². The smallest absolute Gasteiger partial charge is 0.306 e. The molecule has 0 aliphatic carbocycles. The third-order valence-corrected chi connectivity index (χ3v) is 6.27. The maximum atomic E-state index is 11.3. The molecule has 1 saturated heterocycles. The quantitative estimate of drug-likeness (QED) is 0.739. The van der Waals surface area contributed by atoms with Crippen LogP contribution in [0.2, 0.25) is 0 Å². The van der Waals surface area contributed by atoms with E-state index in [9.17, 15) is 9.90 Å². The molecule has 1 fully saturated rings. The van der Waals surface area contributed by atoms with E-state index in [1.807, 2.05) is 12.1 Å². The van der Waals surface area contributed by atoms with Gasteiger partial charge >= 0.3 is 5.97 Å². The molecule has 4 nitrogen and oxygen atoms in total. The lowest BCUT2D eigenvalue weighted by atomic mass is 9.94. The number of aliphatic carboxylic acids is 1. The Bertz CT molecular complexity index is 878. The molecule has 0 bridgehead atoms. The zero-order chi connectivity index (χ0) is 18.1. The molecule has 0 radical (unpaired) electrons. The molecule has 0 saturated carbocycles. The van der Waals surface area contributed by atoms with Crippen molar-refractivity contribution in [2.75, 3.05) is 13.1 Å². The van der Waals surface area contributed by atoms with Gasteiger partial charge in [-0.25, -0.2) is 4.98 Å². The van der Waals surface area contributed by atoms with Crippen LogP contribution in [-0.2, 0) is 4.79 Å². The number of aryl methyl sites for hydroxylation is 1. The Morgan fingerprint density at radius 1 is 1.15 bits per heavy atom. The van der Waals surface area contributed by atoms with Crippen molar-refractivity contribution < 1.29 is 9.90 Å². The molecule has 1 unspecified atom stereocenters. The van der Waals surface area contributed by atoms with Crippen LogP contribution in [0.25, 0.3) is 10.2 Å². The predicted molar refractivity (Wildman–Crippen MR) is 105 cm³/mol. The van der Waals surface area contributed by atoms with Crippen molar-refractivity contribution in [3.8, 4) is 0 Å². The topological polar surface area (TPSA) is 53.4 Å². The van der Waals surface area contributed by atoms with E-state index in [0.29, 0.717) is 12.8 Å². The largest absolute Gasteiger partial charge is 0.481 e. The number of fused-ring (bicyclic) bond motifs is 1. The molecule has 4 rings (SSSR count). The standard InChI is InChI=1S/C21H22N2O2S/c1-14-6-8-15(9-7-14)19(23-12-10-16(11-13-23)21(24)25)20-22-17-4-2-3-5-18(17)26-20/h2-9,16,19H,10-13H2,1H3,(H,24,25). The molecule has 5 heteroatoms. The third kappa shape index (κ3) is 3.37. The van der Waals surface area contributed by atoms with Gasteiger partial charge in [-0.05, 0) is 50.6 Å². The number of aromatic nitrogens is 1. The predicted octanol–water partition coefficient (Wildman–Crippen LogP) is 4.49. The second kappa shape index (κ2) is 7.17. The number of carboxylic acid groups (broad SMARTS) is 1. The fraction of sp³-hybridized carbons (Fsp3) is 0.333. The Morgan fingerprint density at radius 3 is 2.50 bits per heavy atom. The molecule has 0 spiro atoms. The summed E-state index contributed by atoms with van der Waals surface area (Å²) in [6.07, 6.45) is 1.39. The van der Waals surface area contributed by atoms with Crippen LogP contribution in [0.4, 0.5) is 0 Å². The minimum absolute atomic E-state index is 0.0859. The van der Waals surface area contributed by atoms with E-state index < -0.39 is 5.97 Å². The number of nitrogens with zero attached hydrogens (tertiary/aromatic N) is 2. The number of carbonyl (C=O) groups is 1. The maximum Gasteiger partial charge on any atom is 0.306 e. The van der Waals surface area contributed by atoms with Crippen LogP contribution in [0, 0.1) is 12.8 Å². The summed E-state index contributed by atoms with van der Waals surface area (Å²) in [5.74, 6) is -0.892. The van der Waals surface area contributed by atoms with Crippen LogP contribution in [0.3, 0.4) is 0 Å². The number of likely N-dealkylation sites (tertiary alicyclic amines) is 1. The van der Waals surface area contributed by atoms with Crippen LogP contribution in [0.1, 0.15) is 35.0 Å². The van der Waals surface area contributed by atoms with Crippen molar-refractivity contribution in [1.29, 1.82) is 0 Å². The zero-order valence-corrected chi connectivity index (χ0v) is 15.6. The van der Waals surface area contributed by atoms with E-state index >= 15 is 0 Å². The first kappa shape index (κ1) is 17.2. The average Bonchev–Trinajstić information content (AvgIpc) is 3.07. The SMILES string of the molecule is Cc1ccc(C(c2nc3ccccc3s2)N2CCC(C(=O)O)CC2)cc1. The Hall–Kier alpha value is -2.24. The van der Waals surface area contributed by atoms with Crippen LogP contribution < -0.4 is 0 Å². The molecule has 1 aliphatic heterocycles. The fourth-order valence-electron chi connectivity index (χ4n) is 3.67. The van der Waals surface area contributed by atoms with Gasteiger partial charge in [0.15, 0.2) is 0 Å². The summed E-state index contributed by atoms with van der Waals surface area (Å²) < 4.78 is 1.19. The molecular formula is C21H22N2O2S. The van der Waals surface area contributed by atoms with Crippen LogP contribution in [0.5, 0.6) is 0 Å². The lowest BCUT2D eigenvalue weighted by Gasteiger charge is -2.35. The van der Waals surface area contributed by atoms with E-state index in [1.54, 1.807) is 11.3 Å². The minimum Gasteiger partial charge on any atom is -0.481 e. The Balaban J connectivity index is 1.70. The van der Waals surface area contributed by atoms with Crippen molar-refractivity contribution in [2.24, 2.45) is 5.92 Å². The van der Waals surface area contributed by atoms with Crippen molar-refractivity contribution in [1.82, 2.24) is 9.88 Å². The molecule has 3 aromatic rings. The lowest BCUT2D eigenvalue weighted by Crippen LogP contribution is -2.39. The first-order chi connectivity index (χ1) is 12.6. The highest BCUT2D eigenvalue weighted by molar-refractivity contribution is 7.18. The number of thiazole rings is 1. The molecule has 26 heavy (non-hydrogen) atoms. The van der Waals surface area contributed by atoms with Crippen LogP contribution >= 0.6 is 11.3 Å². The molecule has 2 heterocycles. The van der Waals surface area contributed by atoms with E-state index in [4.69, 9.17) is 4.98 Å². The molecular weight excluding hydrogens is 344 g/mol. The van der Waals surface area contributed by atoms with Gasteiger partial charge < -0.3 is 5.11 Å². The number of para-hydroxylation sites is 1. The van der Waals surface area contributed by atoms with Crippen LogP contribution in [0.15, 0.2) is 48.5 Å². The maximum absolute atomic E-state index is 11.3. The average molecular weight is 366 g/mol. The molecule has 134 valence electrons. The second-order valence-electron chi connectivity index (χ2n) is 6.98. The highest BCUT2D eigenvalue weighted by atomic mass is 32.1. The zero-order valence-electron chi connectivity index (χ0n) is 14.8. The Morgan fingerprint density at radius 2 is 1.85 bits per heavy atom. The normalized spacial score (nSPS) is 17.4. The van der Waals surface area contributed by atoms with Gasteiger partial charge in [0.05, 0.1) is 22.2 Å². The number of piperidine rings is 1. The van der Waals surface area contributed by atoms with Gasteiger partial charge in [-0.15, -0.1) is 11.3 Å². The number of hydrogen-bond donors (Lipinski definition) is 1. The fourth-order valence-corrected chi connectivity index (χ4v) is 4.80. The summed E-state index contributed by atoms with van der Waals surface area (Å²) in [4.78, 5) is 18.6. The molecule has 1 aliphatic rings. The van der Waals surface area contributed by atoms with Gasteiger partial charge in [-0.1, -0.05) is 42.0 Å². The van der Waals surface area contributed by atoms with Gasteiger partial charge in [0.1, 0.15) is 5.01 Å². The highest BCUT2D eigenvalue weighted by Crippen LogP contribution is 2.36. The van der Waals surface area contributed by atoms with Gasteiger partial charge in [0, 0.05) is 0 Å². The van der Waals surface area contributed by atoms with Gasteiger partial charge in [-0.2, -0.15) is 0 Å². The second-order valence-corrected chi connectivity index (χ2v) is 8.04. The molecule has 0 amide bonds. The van der Waals surface area contributed by atoms with Crippen LogP contribution in [-0.4, -0.2) is 34.0 Å². The lowest BCUT2D eigenvalue weighted by molar-refractivity contribution is -0.143. The number of hydrogen-bond acceptors (Lipinski definition) is 4. The van der Waals surface area contributed by atoms with E-state index in [1.165, 1.54) is 15.8 Å². The summed E-state index contributed by atoms with van der Waals surface area (Å²) in [6, 6.07) is 16.9. The summed E-state index contributed by atoms with van der Waals surface area (Å²) in [5.41, 5.74) is 3.50. The Kier molecular flexibility index (Phi) is 4.74. The number of benzene rings is 2. The summed E-state index contributed by atoms with van der Waals surface area (Å²) in [7, 11) is 0. The molecule has 1 N–H and O–H groups in total. The highest BCUT2D eigenvalue weighted by Gasteiger charge is 2.31. The summed E-state index contributed by atoms with van der Waals surface area (Å²) in [5, 5.41) is 10.4. The van der Waals surface area contributed by atoms with Gasteiger partial charge in [-0.3, -0.25) is 9.69 Å². The van der Waals surface area contributed by atoms with Gasteiger partial charge in [0.25, 0.3) is 0 Å². The number of carboxylic acids is 1. The van der Waals surface area contributed by atoms with Crippen molar-refractivity contribution in [3.05, 3.63) is 64.7 Å². The van der Waals surface area contributed by atoms with E-state index in [0.717, 1.165) is 23.6 Å². The Labute approximate surface area is 157 Å². The number of rotatable bonds is 4. The first-order valence-corrected chi connectivity index (χ1v) is 9.82. The van der Waals surface area contributed by atoms with E-state index in [-0.39, 0.29) is 12.0 Å². The van der Waals surface area contributed by atoms with Gasteiger partial charge in [0.2, 0.25) is 0 Å². The first-order valence-electron chi connectivity index (χ1n) is 9.01. The minimum atomic E-state index is -0.670. The van der Waals surface area contributed by atoms with Crippen molar-refractivity contribution in [2.45, 2.75) is 25.8 Å². The summed E-state index contributed by atoms with van der Waals surface area (Å²) in [6.45, 7) is 3.66. The van der Waals surface area contributed by atoms with E-state index in [2.05, 4.69) is 48.2 Å².